The molecule has 0 unspecified atom stereocenters. The zero-order valence-electron chi connectivity index (χ0n) is 13.2. The van der Waals surface area contributed by atoms with Crippen LogP contribution in [-0.2, 0) is 0 Å². The maximum atomic E-state index is 12.2. The summed E-state index contributed by atoms with van der Waals surface area (Å²) in [5.41, 5.74) is 6.31. The van der Waals surface area contributed by atoms with Crippen LogP contribution in [0.15, 0.2) is 12.4 Å². The molecule has 3 N–H and O–H groups in total. The summed E-state index contributed by atoms with van der Waals surface area (Å²) < 4.78 is 0. The van der Waals surface area contributed by atoms with Crippen LogP contribution in [0, 0.1) is 11.3 Å². The molecule has 21 heavy (non-hydrogen) atoms. The van der Waals surface area contributed by atoms with E-state index in [1.165, 1.54) is 31.7 Å². The first-order valence-corrected chi connectivity index (χ1v) is 7.81. The van der Waals surface area contributed by atoms with Gasteiger partial charge in [-0.2, -0.15) is 0 Å². The highest BCUT2D eigenvalue weighted by Gasteiger charge is 2.32. The molecule has 0 atom stereocenters. The summed E-state index contributed by atoms with van der Waals surface area (Å²) in [5, 5.41) is 3.04. The Labute approximate surface area is 126 Å². The molecule has 5 nitrogen and oxygen atoms in total. The molecule has 0 saturated heterocycles. The number of nitrogens with zero attached hydrogens (tertiary/aromatic N) is 2. The van der Waals surface area contributed by atoms with Crippen molar-refractivity contribution < 1.29 is 4.79 Å². The zero-order chi connectivity index (χ0) is 15.5. The second-order valence-electron chi connectivity index (χ2n) is 6.65. The third kappa shape index (κ3) is 3.71. The molecule has 0 spiro atoms. The van der Waals surface area contributed by atoms with Gasteiger partial charge in [-0.05, 0) is 37.0 Å². The molecular weight excluding hydrogens is 264 g/mol. The van der Waals surface area contributed by atoms with E-state index >= 15 is 0 Å². The molecule has 1 aromatic heterocycles. The average Bonchev–Trinajstić information content (AvgIpc) is 2.48. The number of aromatic nitrogens is 2. The molecule has 1 aliphatic carbocycles. The van der Waals surface area contributed by atoms with E-state index in [1.54, 1.807) is 0 Å². The van der Waals surface area contributed by atoms with Gasteiger partial charge in [0.2, 0.25) is 0 Å². The monoisotopic (exact) mass is 290 g/mol. The zero-order valence-corrected chi connectivity index (χ0v) is 13.2. The SMILES string of the molecule is CCC(C)(C)C1CCC(NC(=O)c2nccnc2N)CC1. The topological polar surface area (TPSA) is 80.9 Å². The standard InChI is InChI=1S/C16H26N4O/c1-4-16(2,3)11-5-7-12(8-6-11)20-15(21)13-14(17)19-10-9-18-13/h9-12H,4-8H2,1-3H3,(H2,17,19)(H,20,21). The van der Waals surface area contributed by atoms with Crippen molar-refractivity contribution in [1.82, 2.24) is 15.3 Å². The van der Waals surface area contributed by atoms with Crippen LogP contribution in [0.2, 0.25) is 0 Å². The summed E-state index contributed by atoms with van der Waals surface area (Å²) in [6.45, 7) is 6.94. The molecule has 1 fully saturated rings. The second-order valence-corrected chi connectivity index (χ2v) is 6.65. The van der Waals surface area contributed by atoms with E-state index in [1.807, 2.05) is 0 Å². The van der Waals surface area contributed by atoms with Gasteiger partial charge in [0.05, 0.1) is 0 Å². The van der Waals surface area contributed by atoms with Gasteiger partial charge >= 0.3 is 0 Å². The Kier molecular flexibility index (Phi) is 4.80. The lowest BCUT2D eigenvalue weighted by atomic mass is 9.69. The normalized spacial score (nSPS) is 22.8. The molecule has 1 aromatic rings. The second kappa shape index (κ2) is 6.41. The number of hydrogen-bond donors (Lipinski definition) is 2. The molecule has 0 radical (unpaired) electrons. The van der Waals surface area contributed by atoms with Crippen molar-refractivity contribution in [2.75, 3.05) is 5.73 Å². The van der Waals surface area contributed by atoms with Gasteiger partial charge in [-0.3, -0.25) is 4.79 Å². The summed E-state index contributed by atoms with van der Waals surface area (Å²) in [5.74, 6) is 0.729. The lowest BCUT2D eigenvalue weighted by molar-refractivity contribution is 0.0889. The van der Waals surface area contributed by atoms with E-state index in [0.29, 0.717) is 5.41 Å². The first kappa shape index (κ1) is 15.7. The van der Waals surface area contributed by atoms with Crippen molar-refractivity contribution >= 4 is 11.7 Å². The molecule has 1 aliphatic rings. The Morgan fingerprint density at radius 2 is 1.90 bits per heavy atom. The third-order valence-electron chi connectivity index (χ3n) is 5.02. The van der Waals surface area contributed by atoms with Crippen LogP contribution < -0.4 is 11.1 Å². The summed E-state index contributed by atoms with van der Waals surface area (Å²) in [7, 11) is 0. The largest absolute Gasteiger partial charge is 0.382 e. The van der Waals surface area contributed by atoms with Gasteiger partial charge in [-0.25, -0.2) is 9.97 Å². The van der Waals surface area contributed by atoms with Crippen molar-refractivity contribution in [1.29, 1.82) is 0 Å². The Hall–Kier alpha value is -1.65. The van der Waals surface area contributed by atoms with Gasteiger partial charge in [0.25, 0.3) is 5.91 Å². The molecule has 1 amide bonds. The smallest absolute Gasteiger partial charge is 0.273 e. The van der Waals surface area contributed by atoms with E-state index in [9.17, 15) is 4.79 Å². The molecular formula is C16H26N4O. The van der Waals surface area contributed by atoms with Crippen LogP contribution in [0.5, 0.6) is 0 Å². The predicted molar refractivity (Wildman–Crippen MR) is 83.7 cm³/mol. The summed E-state index contributed by atoms with van der Waals surface area (Å²) in [4.78, 5) is 20.1. The van der Waals surface area contributed by atoms with Crippen molar-refractivity contribution in [3.05, 3.63) is 18.1 Å². The number of rotatable bonds is 4. The average molecular weight is 290 g/mol. The first-order chi connectivity index (χ1) is 9.94. The number of nitrogens with one attached hydrogen (secondary N) is 1. The fourth-order valence-corrected chi connectivity index (χ4v) is 3.09. The van der Waals surface area contributed by atoms with Crippen LogP contribution in [0.3, 0.4) is 0 Å². The highest BCUT2D eigenvalue weighted by molar-refractivity contribution is 5.96. The molecule has 0 aliphatic heterocycles. The number of nitrogens with two attached hydrogens (primary N) is 1. The molecule has 1 saturated carbocycles. The van der Waals surface area contributed by atoms with Gasteiger partial charge in [-0.1, -0.05) is 27.2 Å². The molecule has 0 bridgehead atoms. The highest BCUT2D eigenvalue weighted by atomic mass is 16.2. The quantitative estimate of drug-likeness (QED) is 0.893. The Morgan fingerprint density at radius 3 is 2.48 bits per heavy atom. The van der Waals surface area contributed by atoms with E-state index in [4.69, 9.17) is 5.73 Å². The minimum absolute atomic E-state index is 0.191. The fraction of sp³-hybridized carbons (Fsp3) is 0.688. The van der Waals surface area contributed by atoms with Gasteiger partial charge < -0.3 is 11.1 Å². The van der Waals surface area contributed by atoms with E-state index in [0.717, 1.165) is 18.8 Å². The van der Waals surface area contributed by atoms with E-state index < -0.39 is 0 Å². The van der Waals surface area contributed by atoms with Crippen molar-refractivity contribution in [2.24, 2.45) is 11.3 Å². The van der Waals surface area contributed by atoms with Gasteiger partial charge in [-0.15, -0.1) is 0 Å². The fourth-order valence-electron chi connectivity index (χ4n) is 3.09. The maximum absolute atomic E-state index is 12.2. The van der Waals surface area contributed by atoms with Crippen molar-refractivity contribution in [3.63, 3.8) is 0 Å². The Bertz CT molecular complexity index is 493. The lowest BCUT2D eigenvalue weighted by Crippen LogP contribution is -2.40. The number of hydrogen-bond acceptors (Lipinski definition) is 4. The molecule has 1 heterocycles. The number of anilines is 1. The highest BCUT2D eigenvalue weighted by Crippen LogP contribution is 2.40. The van der Waals surface area contributed by atoms with Crippen LogP contribution in [-0.4, -0.2) is 21.9 Å². The van der Waals surface area contributed by atoms with E-state index in [2.05, 4.69) is 36.1 Å². The van der Waals surface area contributed by atoms with Crippen LogP contribution in [0.25, 0.3) is 0 Å². The Balaban J connectivity index is 1.89. The third-order valence-corrected chi connectivity index (χ3v) is 5.02. The van der Waals surface area contributed by atoms with Crippen molar-refractivity contribution in [3.8, 4) is 0 Å². The number of carbonyl (C=O) groups is 1. The van der Waals surface area contributed by atoms with Crippen molar-refractivity contribution in [2.45, 2.75) is 58.9 Å². The molecule has 0 aromatic carbocycles. The predicted octanol–water partition coefficient (Wildman–Crippen LogP) is 2.78. The molecule has 2 rings (SSSR count). The Morgan fingerprint density at radius 1 is 1.29 bits per heavy atom. The summed E-state index contributed by atoms with van der Waals surface area (Å²) in [6, 6.07) is 0.225. The minimum Gasteiger partial charge on any atom is -0.382 e. The molecule has 5 heteroatoms. The van der Waals surface area contributed by atoms with Gasteiger partial charge in [0, 0.05) is 18.4 Å². The molecule has 116 valence electrons. The summed E-state index contributed by atoms with van der Waals surface area (Å²) >= 11 is 0. The van der Waals surface area contributed by atoms with Gasteiger partial charge in [0.1, 0.15) is 0 Å². The van der Waals surface area contributed by atoms with Crippen LogP contribution in [0.4, 0.5) is 5.82 Å². The number of amides is 1. The number of nitrogen functional groups attached to an aromatic ring is 1. The van der Waals surface area contributed by atoms with E-state index in [-0.39, 0.29) is 23.5 Å². The maximum Gasteiger partial charge on any atom is 0.273 e. The number of carbonyl (C=O) groups excluding carboxylic acids is 1. The first-order valence-electron chi connectivity index (χ1n) is 7.81. The van der Waals surface area contributed by atoms with Crippen LogP contribution in [0.1, 0.15) is 63.4 Å². The van der Waals surface area contributed by atoms with Gasteiger partial charge in [0.15, 0.2) is 11.5 Å². The lowest BCUT2D eigenvalue weighted by Gasteiger charge is -2.39. The minimum atomic E-state index is -0.209. The van der Waals surface area contributed by atoms with Crippen LogP contribution >= 0.6 is 0 Å². The summed E-state index contributed by atoms with van der Waals surface area (Å²) in [6.07, 6.45) is 8.57.